The molecule has 106 valence electrons. The Morgan fingerprint density at radius 3 is 2.68 bits per heavy atom. The maximum atomic E-state index is 5.46. The Morgan fingerprint density at radius 2 is 2.11 bits per heavy atom. The first-order valence-electron chi connectivity index (χ1n) is 7.13. The van der Waals surface area contributed by atoms with Gasteiger partial charge in [-0.1, -0.05) is 37.3 Å². The molecule has 1 aromatic carbocycles. The van der Waals surface area contributed by atoms with Crippen LogP contribution in [0, 0.1) is 0 Å². The third-order valence-corrected chi connectivity index (χ3v) is 4.17. The molecule has 0 aliphatic carbocycles. The fourth-order valence-corrected chi connectivity index (χ4v) is 3.11. The van der Waals surface area contributed by atoms with Crippen LogP contribution in [-0.2, 0) is 10.2 Å². The first-order chi connectivity index (χ1) is 9.18. The first-order valence-corrected chi connectivity index (χ1v) is 7.13. The highest BCUT2D eigenvalue weighted by Gasteiger charge is 2.32. The van der Waals surface area contributed by atoms with Crippen LogP contribution in [0.2, 0.25) is 0 Å². The van der Waals surface area contributed by atoms with Crippen molar-refractivity contribution < 1.29 is 4.74 Å². The average molecular weight is 262 g/mol. The minimum atomic E-state index is 0.151. The lowest BCUT2D eigenvalue weighted by Gasteiger charge is -2.34. The van der Waals surface area contributed by atoms with Crippen LogP contribution >= 0.6 is 0 Å². The van der Waals surface area contributed by atoms with Gasteiger partial charge in [-0.2, -0.15) is 0 Å². The maximum Gasteiger partial charge on any atom is 0.0710 e. The summed E-state index contributed by atoms with van der Waals surface area (Å²) in [6, 6.07) is 10.8. The molecule has 1 aromatic rings. The van der Waals surface area contributed by atoms with Gasteiger partial charge in [-0.25, -0.2) is 0 Å². The van der Waals surface area contributed by atoms with Gasteiger partial charge < -0.3 is 10.1 Å². The number of benzene rings is 1. The van der Waals surface area contributed by atoms with Crippen LogP contribution in [0.3, 0.4) is 0 Å². The zero-order valence-electron chi connectivity index (χ0n) is 12.4. The highest BCUT2D eigenvalue weighted by atomic mass is 16.5. The smallest absolute Gasteiger partial charge is 0.0710 e. The molecular formula is C16H26N2O. The Hall–Kier alpha value is -0.900. The van der Waals surface area contributed by atoms with Gasteiger partial charge in [0.1, 0.15) is 0 Å². The second-order valence-corrected chi connectivity index (χ2v) is 5.84. The van der Waals surface area contributed by atoms with Crippen LogP contribution in [0.4, 0.5) is 0 Å². The first kappa shape index (κ1) is 14.5. The molecule has 2 rings (SSSR count). The van der Waals surface area contributed by atoms with Crippen molar-refractivity contribution in [2.75, 3.05) is 40.3 Å². The van der Waals surface area contributed by atoms with Gasteiger partial charge in [0, 0.05) is 38.7 Å². The molecule has 2 atom stereocenters. The molecule has 0 radical (unpaired) electrons. The summed E-state index contributed by atoms with van der Waals surface area (Å²) >= 11 is 0. The summed E-state index contributed by atoms with van der Waals surface area (Å²) in [4.78, 5) is 2.53. The van der Waals surface area contributed by atoms with Crippen LogP contribution in [0.15, 0.2) is 30.3 Å². The quantitative estimate of drug-likeness (QED) is 0.847. The Balaban J connectivity index is 2.08. The van der Waals surface area contributed by atoms with Gasteiger partial charge in [0.2, 0.25) is 0 Å². The van der Waals surface area contributed by atoms with Crippen LogP contribution in [0.1, 0.15) is 18.9 Å². The molecule has 1 aliphatic heterocycles. The van der Waals surface area contributed by atoms with E-state index in [1.807, 2.05) is 14.2 Å². The normalized spacial score (nSPS) is 23.4. The molecule has 1 N–H and O–H groups in total. The second kappa shape index (κ2) is 6.51. The second-order valence-electron chi connectivity index (χ2n) is 5.84. The molecule has 2 unspecified atom stereocenters. The van der Waals surface area contributed by atoms with Crippen molar-refractivity contribution >= 4 is 0 Å². The van der Waals surface area contributed by atoms with Crippen molar-refractivity contribution in [3.05, 3.63) is 35.9 Å². The minimum absolute atomic E-state index is 0.151. The van der Waals surface area contributed by atoms with Gasteiger partial charge >= 0.3 is 0 Å². The Kier molecular flexibility index (Phi) is 4.97. The summed E-state index contributed by atoms with van der Waals surface area (Å²) in [5.74, 6) is 0. The van der Waals surface area contributed by atoms with Crippen molar-refractivity contribution in [2.24, 2.45) is 0 Å². The minimum Gasteiger partial charge on any atom is -0.380 e. The lowest BCUT2D eigenvalue weighted by atomic mass is 9.82. The molecule has 0 aromatic heterocycles. The summed E-state index contributed by atoms with van der Waals surface area (Å²) in [7, 11) is 3.85. The molecule has 0 bridgehead atoms. The third kappa shape index (κ3) is 3.56. The number of ether oxygens (including phenoxy) is 1. The molecule has 3 heteroatoms. The van der Waals surface area contributed by atoms with E-state index in [4.69, 9.17) is 4.74 Å². The highest BCUT2D eigenvalue weighted by molar-refractivity contribution is 5.25. The van der Waals surface area contributed by atoms with Crippen LogP contribution in [0.25, 0.3) is 0 Å². The van der Waals surface area contributed by atoms with Gasteiger partial charge in [0.05, 0.1) is 6.10 Å². The number of likely N-dealkylation sites (tertiary alicyclic amines) is 1. The predicted octanol–water partition coefficient (Wildman–Crippen LogP) is 1.88. The fourth-order valence-electron chi connectivity index (χ4n) is 3.11. The molecule has 3 nitrogen and oxygen atoms in total. The summed E-state index contributed by atoms with van der Waals surface area (Å²) in [5.41, 5.74) is 1.56. The van der Waals surface area contributed by atoms with E-state index in [9.17, 15) is 0 Å². The molecule has 1 fully saturated rings. The van der Waals surface area contributed by atoms with E-state index in [2.05, 4.69) is 47.5 Å². The van der Waals surface area contributed by atoms with Crippen LogP contribution in [0.5, 0.6) is 0 Å². The summed E-state index contributed by atoms with van der Waals surface area (Å²) in [6.45, 7) is 6.62. The van der Waals surface area contributed by atoms with E-state index in [1.165, 1.54) is 5.56 Å². The van der Waals surface area contributed by atoms with Crippen molar-refractivity contribution in [3.8, 4) is 0 Å². The Bertz CT molecular complexity index is 382. The Morgan fingerprint density at radius 1 is 1.37 bits per heavy atom. The maximum absolute atomic E-state index is 5.46. The molecule has 0 amide bonds. The third-order valence-electron chi connectivity index (χ3n) is 4.17. The molecule has 0 spiro atoms. The number of methoxy groups -OCH3 is 1. The van der Waals surface area contributed by atoms with Crippen LogP contribution < -0.4 is 5.32 Å². The number of nitrogens with zero attached hydrogens (tertiary/aromatic N) is 1. The summed E-state index contributed by atoms with van der Waals surface area (Å²) < 4.78 is 5.46. The van der Waals surface area contributed by atoms with Gasteiger partial charge in [0.25, 0.3) is 0 Å². The molecule has 1 saturated heterocycles. The predicted molar refractivity (Wildman–Crippen MR) is 79.6 cm³/mol. The highest BCUT2D eigenvalue weighted by Crippen LogP contribution is 2.26. The molecular weight excluding hydrogens is 236 g/mol. The standard InChI is InChI=1S/C16H26N2O/c1-16(12-17-2,14-7-5-4-6-8-14)13-18-10-9-15(11-18)19-3/h4-8,15,17H,9-13H2,1-3H3. The lowest BCUT2D eigenvalue weighted by molar-refractivity contribution is 0.104. The van der Waals surface area contributed by atoms with Crippen LogP contribution in [-0.4, -0.2) is 51.3 Å². The van der Waals surface area contributed by atoms with Crippen molar-refractivity contribution in [1.82, 2.24) is 10.2 Å². The summed E-state index contributed by atoms with van der Waals surface area (Å²) in [6.07, 6.45) is 1.57. The topological polar surface area (TPSA) is 24.5 Å². The number of hydrogen-bond acceptors (Lipinski definition) is 3. The molecule has 0 saturated carbocycles. The van der Waals surface area contributed by atoms with Crippen molar-refractivity contribution in [3.63, 3.8) is 0 Å². The molecule has 1 aliphatic rings. The zero-order valence-corrected chi connectivity index (χ0v) is 12.4. The molecule has 19 heavy (non-hydrogen) atoms. The van der Waals surface area contributed by atoms with Crippen molar-refractivity contribution in [1.29, 1.82) is 0 Å². The largest absolute Gasteiger partial charge is 0.380 e. The van der Waals surface area contributed by atoms with E-state index in [1.54, 1.807) is 0 Å². The van der Waals surface area contributed by atoms with Gasteiger partial charge in [-0.3, -0.25) is 4.90 Å². The van der Waals surface area contributed by atoms with E-state index in [0.29, 0.717) is 6.10 Å². The number of hydrogen-bond donors (Lipinski definition) is 1. The van der Waals surface area contributed by atoms with E-state index in [0.717, 1.165) is 32.6 Å². The lowest BCUT2D eigenvalue weighted by Crippen LogP contribution is -2.44. The number of nitrogens with one attached hydrogen (secondary N) is 1. The van der Waals surface area contributed by atoms with E-state index >= 15 is 0 Å². The summed E-state index contributed by atoms with van der Waals surface area (Å²) in [5, 5.41) is 3.35. The molecule has 1 heterocycles. The van der Waals surface area contributed by atoms with Gasteiger partial charge in [-0.15, -0.1) is 0 Å². The van der Waals surface area contributed by atoms with Gasteiger partial charge in [-0.05, 0) is 19.0 Å². The van der Waals surface area contributed by atoms with E-state index < -0.39 is 0 Å². The van der Waals surface area contributed by atoms with Crippen molar-refractivity contribution in [2.45, 2.75) is 24.9 Å². The number of rotatable bonds is 6. The SMILES string of the molecule is CNCC(C)(CN1CCC(OC)C1)c1ccccc1. The Labute approximate surface area is 116 Å². The zero-order chi connectivity index (χ0) is 13.7. The monoisotopic (exact) mass is 262 g/mol. The van der Waals surface area contributed by atoms with E-state index in [-0.39, 0.29) is 5.41 Å². The fraction of sp³-hybridized carbons (Fsp3) is 0.625. The average Bonchev–Trinajstić information content (AvgIpc) is 2.87. The van der Waals surface area contributed by atoms with Gasteiger partial charge in [0.15, 0.2) is 0 Å². The number of likely N-dealkylation sites (N-methyl/N-ethyl adjacent to an activating group) is 1.